The van der Waals surface area contributed by atoms with Crippen LogP contribution in [0.2, 0.25) is 0 Å². The summed E-state index contributed by atoms with van der Waals surface area (Å²) < 4.78 is 13.7. The van der Waals surface area contributed by atoms with Gasteiger partial charge >= 0.3 is 0 Å². The summed E-state index contributed by atoms with van der Waals surface area (Å²) in [7, 11) is 0. The van der Waals surface area contributed by atoms with Crippen LogP contribution in [0, 0.1) is 12.7 Å². The van der Waals surface area contributed by atoms with E-state index in [1.807, 2.05) is 6.92 Å². The minimum absolute atomic E-state index is 0.223. The van der Waals surface area contributed by atoms with Crippen LogP contribution in [-0.4, -0.2) is 10.9 Å². The average Bonchev–Trinajstić information content (AvgIpc) is 2.91. The van der Waals surface area contributed by atoms with Crippen molar-refractivity contribution in [3.63, 3.8) is 0 Å². The Kier molecular flexibility index (Phi) is 3.66. The molecule has 1 amide bonds. The summed E-state index contributed by atoms with van der Waals surface area (Å²) in [5.74, 6) is -0.545. The number of hydrogen-bond donors (Lipinski definition) is 1. The van der Waals surface area contributed by atoms with Gasteiger partial charge in [0.05, 0.1) is 6.54 Å². The number of rotatable bonds is 3. The van der Waals surface area contributed by atoms with Gasteiger partial charge in [0.2, 0.25) is 0 Å². The van der Waals surface area contributed by atoms with E-state index in [2.05, 4.69) is 10.3 Å². The number of amides is 1. The van der Waals surface area contributed by atoms with Crippen molar-refractivity contribution in [1.29, 1.82) is 0 Å². The number of benzene rings is 2. The van der Waals surface area contributed by atoms with Crippen molar-refractivity contribution in [2.75, 3.05) is 0 Å². The van der Waals surface area contributed by atoms with E-state index in [0.717, 1.165) is 9.88 Å². The summed E-state index contributed by atoms with van der Waals surface area (Å²) in [6, 6.07) is 9.81. The van der Waals surface area contributed by atoms with E-state index in [9.17, 15) is 9.18 Å². The molecule has 5 heteroatoms. The van der Waals surface area contributed by atoms with Gasteiger partial charge in [0.15, 0.2) is 0 Å². The molecule has 0 spiro atoms. The highest BCUT2D eigenvalue weighted by molar-refractivity contribution is 7.11. The lowest BCUT2D eigenvalue weighted by atomic mass is 10.0. The van der Waals surface area contributed by atoms with Gasteiger partial charge < -0.3 is 5.32 Å². The molecule has 3 nitrogen and oxygen atoms in total. The summed E-state index contributed by atoms with van der Waals surface area (Å²) in [6.07, 6.45) is 1.78. The minimum atomic E-state index is -0.322. The first-order valence-corrected chi connectivity index (χ1v) is 7.33. The summed E-state index contributed by atoms with van der Waals surface area (Å²) in [5, 5.41) is 4.75. The van der Waals surface area contributed by atoms with E-state index in [1.54, 1.807) is 41.8 Å². The maximum Gasteiger partial charge on any atom is 0.252 e. The molecule has 106 valence electrons. The molecule has 0 saturated carbocycles. The maximum absolute atomic E-state index is 13.7. The predicted molar refractivity (Wildman–Crippen MR) is 81.9 cm³/mol. The highest BCUT2D eigenvalue weighted by Gasteiger charge is 2.12. The Morgan fingerprint density at radius 2 is 2.00 bits per heavy atom. The highest BCUT2D eigenvalue weighted by Crippen LogP contribution is 2.22. The number of nitrogens with zero attached hydrogens (tertiary/aromatic N) is 1. The number of nitrogens with one attached hydrogen (secondary N) is 1. The molecule has 0 atom stereocenters. The lowest BCUT2D eigenvalue weighted by molar-refractivity contribution is 0.0952. The number of aryl methyl sites for hydroxylation is 1. The van der Waals surface area contributed by atoms with Crippen molar-refractivity contribution in [1.82, 2.24) is 10.3 Å². The van der Waals surface area contributed by atoms with E-state index >= 15 is 0 Å². The Balaban J connectivity index is 1.86. The molecule has 1 aromatic heterocycles. The minimum Gasteiger partial charge on any atom is -0.346 e. The first-order chi connectivity index (χ1) is 10.1. The van der Waals surface area contributed by atoms with Crippen molar-refractivity contribution in [2.24, 2.45) is 0 Å². The predicted octanol–water partition coefficient (Wildman–Crippen LogP) is 3.67. The molecule has 0 fully saturated rings. The second kappa shape index (κ2) is 5.61. The molecular formula is C16H13FN2OS. The quantitative estimate of drug-likeness (QED) is 0.802. The number of hydrogen-bond acceptors (Lipinski definition) is 3. The standard InChI is InChI=1S/C16H13FN2OS/c1-10-8-18-15(21-10)9-19-16(20)13-6-7-14(17)12-5-3-2-4-11(12)13/h2-8H,9H2,1H3,(H,19,20). The van der Waals surface area contributed by atoms with Crippen molar-refractivity contribution in [2.45, 2.75) is 13.5 Å². The summed E-state index contributed by atoms with van der Waals surface area (Å²) in [6.45, 7) is 2.35. The fourth-order valence-electron chi connectivity index (χ4n) is 2.19. The lowest BCUT2D eigenvalue weighted by Gasteiger charge is -2.07. The van der Waals surface area contributed by atoms with E-state index in [1.165, 1.54) is 12.1 Å². The number of fused-ring (bicyclic) bond motifs is 1. The van der Waals surface area contributed by atoms with Gasteiger partial charge in [0.25, 0.3) is 5.91 Å². The zero-order valence-electron chi connectivity index (χ0n) is 11.4. The summed E-state index contributed by atoms with van der Waals surface area (Å²) in [5.41, 5.74) is 0.472. The van der Waals surface area contributed by atoms with Gasteiger partial charge in [-0.2, -0.15) is 0 Å². The largest absolute Gasteiger partial charge is 0.346 e. The zero-order valence-corrected chi connectivity index (χ0v) is 12.2. The van der Waals surface area contributed by atoms with Crippen LogP contribution in [0.15, 0.2) is 42.6 Å². The molecule has 0 aliphatic heterocycles. The van der Waals surface area contributed by atoms with Gasteiger partial charge in [-0.3, -0.25) is 4.79 Å². The van der Waals surface area contributed by atoms with E-state index < -0.39 is 0 Å². The second-order valence-corrected chi connectivity index (χ2v) is 6.01. The topological polar surface area (TPSA) is 42.0 Å². The van der Waals surface area contributed by atoms with Crippen LogP contribution < -0.4 is 5.32 Å². The molecule has 3 aromatic rings. The second-order valence-electron chi connectivity index (χ2n) is 4.69. The van der Waals surface area contributed by atoms with Gasteiger partial charge in [0, 0.05) is 22.0 Å². The number of carbonyl (C=O) groups excluding carboxylic acids is 1. The molecule has 0 unspecified atom stereocenters. The van der Waals surface area contributed by atoms with Crippen LogP contribution in [0.25, 0.3) is 10.8 Å². The first kappa shape index (κ1) is 13.7. The molecule has 0 radical (unpaired) electrons. The van der Waals surface area contributed by atoms with Gasteiger partial charge in [-0.05, 0) is 24.4 Å². The molecule has 3 rings (SSSR count). The van der Waals surface area contributed by atoms with Gasteiger partial charge in [0.1, 0.15) is 10.8 Å². The molecule has 0 aliphatic rings. The van der Waals surface area contributed by atoms with Gasteiger partial charge in [-0.25, -0.2) is 9.37 Å². The Morgan fingerprint density at radius 3 is 2.71 bits per heavy atom. The molecular weight excluding hydrogens is 287 g/mol. The summed E-state index contributed by atoms with van der Waals surface area (Å²) >= 11 is 1.55. The number of carbonyl (C=O) groups is 1. The SMILES string of the molecule is Cc1cnc(CNC(=O)c2ccc(F)c3ccccc23)s1. The van der Waals surface area contributed by atoms with Crippen LogP contribution >= 0.6 is 11.3 Å². The van der Waals surface area contributed by atoms with Gasteiger partial charge in [-0.1, -0.05) is 24.3 Å². The van der Waals surface area contributed by atoms with E-state index in [0.29, 0.717) is 22.9 Å². The van der Waals surface area contributed by atoms with Crippen LogP contribution in [-0.2, 0) is 6.54 Å². The van der Waals surface area contributed by atoms with Crippen molar-refractivity contribution >= 4 is 28.0 Å². The number of thiazole rings is 1. The normalized spacial score (nSPS) is 10.8. The molecule has 1 heterocycles. The third kappa shape index (κ3) is 2.78. The van der Waals surface area contributed by atoms with Crippen molar-refractivity contribution in [3.05, 3.63) is 63.9 Å². The number of halogens is 1. The Bertz CT molecular complexity index is 813. The smallest absolute Gasteiger partial charge is 0.252 e. The Labute approximate surface area is 125 Å². The van der Waals surface area contributed by atoms with Crippen molar-refractivity contribution < 1.29 is 9.18 Å². The first-order valence-electron chi connectivity index (χ1n) is 6.52. The zero-order chi connectivity index (χ0) is 14.8. The fourth-order valence-corrected chi connectivity index (χ4v) is 2.92. The Hall–Kier alpha value is -2.27. The van der Waals surface area contributed by atoms with Crippen LogP contribution in [0.4, 0.5) is 4.39 Å². The molecule has 1 N–H and O–H groups in total. The fraction of sp³-hybridized carbons (Fsp3) is 0.125. The third-order valence-corrected chi connectivity index (χ3v) is 4.10. The third-order valence-electron chi connectivity index (χ3n) is 3.18. The maximum atomic E-state index is 13.7. The molecule has 2 aromatic carbocycles. The molecule has 21 heavy (non-hydrogen) atoms. The molecule has 0 bridgehead atoms. The van der Waals surface area contributed by atoms with Crippen molar-refractivity contribution in [3.8, 4) is 0 Å². The highest BCUT2D eigenvalue weighted by atomic mass is 32.1. The van der Waals surface area contributed by atoms with Crippen LogP contribution in [0.5, 0.6) is 0 Å². The molecule has 0 saturated heterocycles. The molecule has 0 aliphatic carbocycles. The monoisotopic (exact) mass is 300 g/mol. The van der Waals surface area contributed by atoms with E-state index in [-0.39, 0.29) is 11.7 Å². The number of aromatic nitrogens is 1. The summed E-state index contributed by atoms with van der Waals surface area (Å²) in [4.78, 5) is 17.6. The van der Waals surface area contributed by atoms with E-state index in [4.69, 9.17) is 0 Å². The van der Waals surface area contributed by atoms with Crippen LogP contribution in [0.1, 0.15) is 20.2 Å². The Morgan fingerprint density at radius 1 is 1.24 bits per heavy atom. The average molecular weight is 300 g/mol. The van der Waals surface area contributed by atoms with Gasteiger partial charge in [-0.15, -0.1) is 11.3 Å². The van der Waals surface area contributed by atoms with Crippen LogP contribution in [0.3, 0.4) is 0 Å². The lowest BCUT2D eigenvalue weighted by Crippen LogP contribution is -2.23.